The molecule has 4 aromatic carbocycles. The lowest BCUT2D eigenvalue weighted by Gasteiger charge is -2.20. The van der Waals surface area contributed by atoms with E-state index in [-0.39, 0.29) is 17.2 Å². The van der Waals surface area contributed by atoms with Crippen molar-refractivity contribution in [1.29, 1.82) is 0 Å². The van der Waals surface area contributed by atoms with Crippen LogP contribution in [0.4, 0.5) is 0 Å². The molecule has 0 fully saturated rings. The highest BCUT2D eigenvalue weighted by molar-refractivity contribution is 5.97. The fourth-order valence-corrected chi connectivity index (χ4v) is 5.49. The monoisotopic (exact) mass is 544 g/mol. The van der Waals surface area contributed by atoms with E-state index >= 15 is 0 Å². The van der Waals surface area contributed by atoms with Crippen LogP contribution < -0.4 is 15.7 Å². The predicted octanol–water partition coefficient (Wildman–Crippen LogP) is 6.14. The number of hydrogen-bond donors (Lipinski definition) is 3. The molecule has 1 atom stereocenters. The molecule has 3 N–H and O–H groups in total. The van der Waals surface area contributed by atoms with Crippen LogP contribution in [0.1, 0.15) is 38.7 Å². The molecule has 0 saturated heterocycles. The Labute approximate surface area is 236 Å². The standard InChI is InChI=1S/C34H28N2O5/c1-40-27-17-9-7-15-25(27)33(38)35-20-19-23-22-13-5-8-16-26(22)36-31(23)29(21-11-3-2-4-12-21)30-32(37)24-14-6-10-18-28(24)41-34(30)39/h2-18,29,36-37H,19-20H2,1H3,(H,35,38). The minimum Gasteiger partial charge on any atom is -0.507 e. The van der Waals surface area contributed by atoms with Crippen molar-refractivity contribution in [2.75, 3.05) is 13.7 Å². The SMILES string of the molecule is COc1ccccc1C(=O)NCCc1c(C(c2ccccc2)c2c(O)c3ccccc3oc2=O)[nH]c2ccccc12. The number of benzene rings is 4. The zero-order valence-electron chi connectivity index (χ0n) is 22.4. The van der Waals surface area contributed by atoms with E-state index in [1.54, 1.807) is 42.5 Å². The molecule has 204 valence electrons. The first kappa shape index (κ1) is 26.0. The third-order valence-corrected chi connectivity index (χ3v) is 7.39. The van der Waals surface area contributed by atoms with Crippen molar-refractivity contribution >= 4 is 27.8 Å². The molecule has 0 spiro atoms. The van der Waals surface area contributed by atoms with Crippen LogP contribution in [0.15, 0.2) is 112 Å². The van der Waals surface area contributed by atoms with Gasteiger partial charge < -0.3 is 24.6 Å². The number of rotatable bonds is 8. The number of fused-ring (bicyclic) bond motifs is 2. The Kier molecular flexibility index (Phi) is 7.00. The smallest absolute Gasteiger partial charge is 0.344 e. The number of aromatic nitrogens is 1. The number of aromatic hydroxyl groups is 1. The number of amides is 1. The molecule has 0 saturated carbocycles. The quantitative estimate of drug-likeness (QED) is 0.200. The summed E-state index contributed by atoms with van der Waals surface area (Å²) in [4.78, 5) is 30.0. The van der Waals surface area contributed by atoms with E-state index in [1.807, 2.05) is 60.7 Å². The van der Waals surface area contributed by atoms with Crippen LogP contribution in [-0.2, 0) is 6.42 Å². The largest absolute Gasteiger partial charge is 0.507 e. The molecule has 6 rings (SSSR count). The summed E-state index contributed by atoms with van der Waals surface area (Å²) < 4.78 is 11.0. The highest BCUT2D eigenvalue weighted by Crippen LogP contribution is 2.41. The van der Waals surface area contributed by atoms with Crippen LogP contribution in [0.5, 0.6) is 11.5 Å². The van der Waals surface area contributed by atoms with Gasteiger partial charge in [-0.05, 0) is 47.9 Å². The molecule has 7 heteroatoms. The molecule has 7 nitrogen and oxygen atoms in total. The summed E-state index contributed by atoms with van der Waals surface area (Å²) in [6.07, 6.45) is 0.475. The molecule has 41 heavy (non-hydrogen) atoms. The van der Waals surface area contributed by atoms with Crippen LogP contribution in [0.25, 0.3) is 21.9 Å². The molecular weight excluding hydrogens is 516 g/mol. The fraction of sp³-hybridized carbons (Fsp3) is 0.118. The normalized spacial score (nSPS) is 11.9. The number of methoxy groups -OCH3 is 1. The highest BCUT2D eigenvalue weighted by atomic mass is 16.5. The van der Waals surface area contributed by atoms with Gasteiger partial charge in [0.25, 0.3) is 5.91 Å². The van der Waals surface area contributed by atoms with E-state index in [0.717, 1.165) is 27.7 Å². The molecular formula is C34H28N2O5. The second-order valence-electron chi connectivity index (χ2n) is 9.76. The molecule has 0 aliphatic rings. The third-order valence-electron chi connectivity index (χ3n) is 7.39. The van der Waals surface area contributed by atoms with Gasteiger partial charge in [-0.25, -0.2) is 4.79 Å². The van der Waals surface area contributed by atoms with Gasteiger partial charge >= 0.3 is 5.63 Å². The fourth-order valence-electron chi connectivity index (χ4n) is 5.49. The Morgan fingerprint density at radius 1 is 0.902 bits per heavy atom. The maximum absolute atomic E-state index is 13.5. The molecule has 2 aromatic heterocycles. The lowest BCUT2D eigenvalue weighted by Crippen LogP contribution is -2.26. The minimum absolute atomic E-state index is 0.111. The van der Waals surface area contributed by atoms with Crippen molar-refractivity contribution in [3.63, 3.8) is 0 Å². The number of carbonyl (C=O) groups is 1. The topological polar surface area (TPSA) is 105 Å². The van der Waals surface area contributed by atoms with Gasteiger partial charge in [-0.15, -0.1) is 0 Å². The Morgan fingerprint density at radius 3 is 2.39 bits per heavy atom. The van der Waals surface area contributed by atoms with Gasteiger partial charge in [-0.1, -0.05) is 72.8 Å². The van der Waals surface area contributed by atoms with E-state index in [4.69, 9.17) is 9.15 Å². The molecule has 2 heterocycles. The summed E-state index contributed by atoms with van der Waals surface area (Å²) in [6.45, 7) is 0.339. The Balaban J connectivity index is 1.46. The number of ether oxygens (including phenoxy) is 1. The number of para-hydroxylation sites is 3. The second-order valence-corrected chi connectivity index (χ2v) is 9.76. The van der Waals surface area contributed by atoms with Crippen LogP contribution in [0, 0.1) is 0 Å². The van der Waals surface area contributed by atoms with Gasteiger partial charge in [-0.3, -0.25) is 4.79 Å². The Bertz CT molecular complexity index is 1920. The van der Waals surface area contributed by atoms with Crippen molar-refractivity contribution in [1.82, 2.24) is 10.3 Å². The van der Waals surface area contributed by atoms with E-state index in [1.165, 1.54) is 7.11 Å². The highest BCUT2D eigenvalue weighted by Gasteiger charge is 2.30. The van der Waals surface area contributed by atoms with Crippen molar-refractivity contribution in [3.05, 3.63) is 141 Å². The zero-order chi connectivity index (χ0) is 28.3. The summed E-state index contributed by atoms with van der Waals surface area (Å²) in [7, 11) is 1.53. The number of hydrogen-bond acceptors (Lipinski definition) is 5. The van der Waals surface area contributed by atoms with Crippen molar-refractivity contribution in [2.45, 2.75) is 12.3 Å². The maximum Gasteiger partial charge on any atom is 0.344 e. The first-order valence-corrected chi connectivity index (χ1v) is 13.4. The minimum atomic E-state index is -0.649. The lowest BCUT2D eigenvalue weighted by molar-refractivity contribution is 0.0951. The van der Waals surface area contributed by atoms with Gasteiger partial charge in [0.1, 0.15) is 17.1 Å². The van der Waals surface area contributed by atoms with Crippen molar-refractivity contribution in [3.8, 4) is 11.5 Å². The number of nitrogens with one attached hydrogen (secondary N) is 2. The van der Waals surface area contributed by atoms with Gasteiger partial charge in [0.2, 0.25) is 0 Å². The Hall–Kier alpha value is -5.30. The maximum atomic E-state index is 13.5. The Morgan fingerprint density at radius 2 is 1.59 bits per heavy atom. The summed E-state index contributed by atoms with van der Waals surface area (Å²) in [5.41, 5.74) is 3.71. The molecule has 0 bridgehead atoms. The molecule has 0 radical (unpaired) electrons. The third kappa shape index (κ3) is 4.82. The van der Waals surface area contributed by atoms with Crippen LogP contribution in [-0.4, -0.2) is 29.7 Å². The molecule has 0 aliphatic carbocycles. The molecule has 1 amide bonds. The first-order valence-electron chi connectivity index (χ1n) is 13.4. The average molecular weight is 545 g/mol. The summed E-state index contributed by atoms with van der Waals surface area (Å²) in [5, 5.41) is 15.9. The first-order chi connectivity index (χ1) is 20.1. The van der Waals surface area contributed by atoms with Crippen LogP contribution in [0.2, 0.25) is 0 Å². The van der Waals surface area contributed by atoms with E-state index < -0.39 is 11.5 Å². The number of H-pyrrole nitrogens is 1. The summed E-state index contributed by atoms with van der Waals surface area (Å²) in [5.74, 6) is -0.499. The number of aromatic amines is 1. The molecule has 6 aromatic rings. The average Bonchev–Trinajstić information content (AvgIpc) is 3.37. The summed E-state index contributed by atoms with van der Waals surface area (Å²) >= 11 is 0. The zero-order valence-corrected chi connectivity index (χ0v) is 22.4. The van der Waals surface area contributed by atoms with Crippen molar-refractivity contribution < 1.29 is 19.1 Å². The van der Waals surface area contributed by atoms with Crippen LogP contribution >= 0.6 is 0 Å². The summed E-state index contributed by atoms with van der Waals surface area (Å²) in [6, 6.07) is 31.5. The van der Waals surface area contributed by atoms with E-state index in [0.29, 0.717) is 35.2 Å². The van der Waals surface area contributed by atoms with Crippen LogP contribution in [0.3, 0.4) is 0 Å². The number of carbonyl (C=O) groups excluding carboxylic acids is 1. The van der Waals surface area contributed by atoms with Gasteiger partial charge in [-0.2, -0.15) is 0 Å². The molecule has 0 aliphatic heterocycles. The van der Waals surface area contributed by atoms with Gasteiger partial charge in [0.05, 0.1) is 29.5 Å². The predicted molar refractivity (Wildman–Crippen MR) is 159 cm³/mol. The van der Waals surface area contributed by atoms with E-state index in [9.17, 15) is 14.7 Å². The van der Waals surface area contributed by atoms with Gasteiger partial charge in [0.15, 0.2) is 0 Å². The van der Waals surface area contributed by atoms with E-state index in [2.05, 4.69) is 10.3 Å². The lowest BCUT2D eigenvalue weighted by atomic mass is 9.85. The van der Waals surface area contributed by atoms with Gasteiger partial charge in [0, 0.05) is 23.1 Å². The molecule has 1 unspecified atom stereocenters. The van der Waals surface area contributed by atoms with Crippen molar-refractivity contribution in [2.24, 2.45) is 0 Å². The second kappa shape index (κ2) is 11.1.